The van der Waals surface area contributed by atoms with Gasteiger partial charge in [0.15, 0.2) is 0 Å². The summed E-state index contributed by atoms with van der Waals surface area (Å²) in [7, 11) is 0. The van der Waals surface area contributed by atoms with Gasteiger partial charge in [-0.1, -0.05) is 93.0 Å². The first-order valence-electron chi connectivity index (χ1n) is 19.2. The first-order valence-corrected chi connectivity index (χ1v) is 19.2. The number of nitrogens with zero attached hydrogens (tertiary/aromatic N) is 4. The molecule has 3 aromatic heterocycles. The maximum atomic E-state index is 6.49. The van der Waals surface area contributed by atoms with Gasteiger partial charge in [-0.15, -0.1) is 35.7 Å². The van der Waals surface area contributed by atoms with Gasteiger partial charge in [0.25, 0.3) is 0 Å². The molecule has 0 bridgehead atoms. The van der Waals surface area contributed by atoms with Crippen molar-refractivity contribution >= 4 is 21.8 Å². The van der Waals surface area contributed by atoms with E-state index >= 15 is 0 Å². The number of ether oxygens (including phenoxy) is 1. The molecule has 6 heteroatoms. The van der Waals surface area contributed by atoms with Crippen LogP contribution in [-0.4, -0.2) is 19.3 Å². The second-order valence-electron chi connectivity index (χ2n) is 16.0. The largest absolute Gasteiger partial charge is 2.00 e. The molecule has 7 aromatic rings. The number of para-hydroxylation sites is 1. The van der Waals surface area contributed by atoms with Crippen LogP contribution in [0.4, 0.5) is 0 Å². The van der Waals surface area contributed by atoms with Gasteiger partial charge in [-0.25, -0.2) is 4.98 Å². The van der Waals surface area contributed by atoms with E-state index in [1.165, 1.54) is 27.8 Å². The number of hydrogen-bond donors (Lipinski definition) is 0. The Bertz CT molecular complexity index is 2400. The van der Waals surface area contributed by atoms with Crippen LogP contribution in [-0.2, 0) is 21.1 Å². The molecule has 280 valence electrons. The Morgan fingerprint density at radius 1 is 0.630 bits per heavy atom. The first kappa shape index (κ1) is 39.2. The van der Waals surface area contributed by atoms with Crippen LogP contribution in [0.15, 0.2) is 85.3 Å². The second-order valence-corrected chi connectivity index (χ2v) is 16.0. The molecule has 54 heavy (non-hydrogen) atoms. The Kier molecular flexibility index (Phi) is 11.4. The summed E-state index contributed by atoms with van der Waals surface area (Å²) in [5, 5.41) is 7.20. The number of rotatable bonds is 10. The summed E-state index contributed by atoms with van der Waals surface area (Å²) < 4.78 is 10.6. The standard InChI is InChI=1S/C48H52N4O.Pt/c1-28(2)43-44(29(3)4)46(31(7)8)48(47(32(9)10)45(43)30(5)6)34-26-50-51(27-34)35-15-14-16-36(24-35)53-37-19-20-39-38-17-12-13-18-40(38)52(41(39)25-37)42-23-33(11)21-22-49-42;/h12-23,26-32H,1-11H3;/q-2;+2. The minimum Gasteiger partial charge on any atom is -0.509 e. The Hall–Kier alpha value is -4.47. The molecule has 3 heterocycles. The van der Waals surface area contributed by atoms with E-state index < -0.39 is 0 Å². The summed E-state index contributed by atoms with van der Waals surface area (Å²) in [6, 6.07) is 29.7. The van der Waals surface area contributed by atoms with Crippen molar-refractivity contribution in [2.75, 3.05) is 0 Å². The molecule has 0 unspecified atom stereocenters. The molecule has 0 aliphatic rings. The number of aromatic nitrogens is 4. The van der Waals surface area contributed by atoms with E-state index in [-0.39, 0.29) is 21.1 Å². The smallest absolute Gasteiger partial charge is 0.509 e. The van der Waals surface area contributed by atoms with Gasteiger partial charge in [0.2, 0.25) is 0 Å². The van der Waals surface area contributed by atoms with Crippen LogP contribution < -0.4 is 4.74 Å². The fourth-order valence-electron chi connectivity index (χ4n) is 8.37. The Labute approximate surface area is 336 Å². The van der Waals surface area contributed by atoms with Gasteiger partial charge in [-0.2, -0.15) is 17.2 Å². The molecule has 0 spiro atoms. The monoisotopic (exact) mass is 895 g/mol. The van der Waals surface area contributed by atoms with Crippen LogP contribution in [0.3, 0.4) is 0 Å². The fraction of sp³-hybridized carbons (Fsp3) is 0.333. The number of hydrogen-bond acceptors (Lipinski definition) is 3. The zero-order valence-corrected chi connectivity index (χ0v) is 35.8. The summed E-state index contributed by atoms with van der Waals surface area (Å²) in [4.78, 5) is 4.72. The van der Waals surface area contributed by atoms with E-state index in [4.69, 9.17) is 14.8 Å². The van der Waals surface area contributed by atoms with Gasteiger partial charge >= 0.3 is 21.1 Å². The molecular weight excluding hydrogens is 844 g/mol. The molecule has 0 amide bonds. The molecule has 0 saturated carbocycles. The van der Waals surface area contributed by atoms with E-state index in [9.17, 15) is 0 Å². The maximum Gasteiger partial charge on any atom is 2.00 e. The van der Waals surface area contributed by atoms with Crippen LogP contribution in [0, 0.1) is 19.1 Å². The quantitative estimate of drug-likeness (QED) is 0.129. The topological polar surface area (TPSA) is 44.9 Å². The number of pyridine rings is 1. The van der Waals surface area contributed by atoms with Crippen molar-refractivity contribution in [2.24, 2.45) is 0 Å². The average Bonchev–Trinajstić information content (AvgIpc) is 3.73. The van der Waals surface area contributed by atoms with Gasteiger partial charge in [0, 0.05) is 35.0 Å². The summed E-state index contributed by atoms with van der Waals surface area (Å²) >= 11 is 0. The summed E-state index contributed by atoms with van der Waals surface area (Å²) in [5.41, 5.74) is 14.0. The van der Waals surface area contributed by atoms with Crippen LogP contribution in [0.1, 0.15) is 132 Å². The van der Waals surface area contributed by atoms with E-state index in [1.54, 1.807) is 5.56 Å². The van der Waals surface area contributed by atoms with Crippen molar-refractivity contribution in [1.29, 1.82) is 0 Å². The SMILES string of the molecule is Cc1ccnc(-n2c3[c-]c(Oc4[c-]c(-n5cc(-c6c(C(C)C)c(C(C)C)c(C(C)C)c(C(C)C)c6C(C)C)cn5)ccc4)ccc3c3ccccc32)c1.[Pt+2]. The molecule has 0 atom stereocenters. The van der Waals surface area contributed by atoms with Crippen molar-refractivity contribution in [3.63, 3.8) is 0 Å². The van der Waals surface area contributed by atoms with Crippen molar-refractivity contribution in [3.8, 4) is 34.1 Å². The van der Waals surface area contributed by atoms with Crippen LogP contribution in [0.5, 0.6) is 11.5 Å². The van der Waals surface area contributed by atoms with Crippen molar-refractivity contribution < 1.29 is 25.8 Å². The predicted octanol–water partition coefficient (Wildman–Crippen LogP) is 13.3. The molecule has 0 radical (unpaired) electrons. The van der Waals surface area contributed by atoms with Gasteiger partial charge in [0.1, 0.15) is 5.82 Å². The van der Waals surface area contributed by atoms with Gasteiger partial charge in [-0.05, 0) is 105 Å². The first-order chi connectivity index (χ1) is 25.3. The fourth-order valence-corrected chi connectivity index (χ4v) is 8.37. The Morgan fingerprint density at radius 2 is 1.24 bits per heavy atom. The molecule has 0 fully saturated rings. The number of aryl methyl sites for hydroxylation is 1. The van der Waals surface area contributed by atoms with Gasteiger partial charge < -0.3 is 9.30 Å². The van der Waals surface area contributed by atoms with Crippen LogP contribution >= 0.6 is 0 Å². The molecule has 0 aliphatic carbocycles. The molecule has 0 saturated heterocycles. The molecule has 0 N–H and O–H groups in total. The Morgan fingerprint density at radius 3 is 1.87 bits per heavy atom. The summed E-state index contributed by atoms with van der Waals surface area (Å²) in [5.74, 6) is 4.04. The Balaban J connectivity index is 0.00000497. The predicted molar refractivity (Wildman–Crippen MR) is 221 cm³/mol. The van der Waals surface area contributed by atoms with Crippen molar-refractivity contribution in [2.45, 2.75) is 106 Å². The van der Waals surface area contributed by atoms with Crippen LogP contribution in [0.25, 0.3) is 44.4 Å². The van der Waals surface area contributed by atoms with E-state index in [0.29, 0.717) is 41.1 Å². The molecule has 4 aromatic carbocycles. The van der Waals surface area contributed by atoms with Gasteiger partial charge in [0.05, 0.1) is 6.20 Å². The average molecular weight is 896 g/mol. The second kappa shape index (κ2) is 15.7. The third kappa shape index (κ3) is 7.08. The maximum absolute atomic E-state index is 6.49. The van der Waals surface area contributed by atoms with Crippen molar-refractivity contribution in [1.82, 2.24) is 19.3 Å². The number of fused-ring (bicyclic) bond motifs is 3. The van der Waals surface area contributed by atoms with Crippen LogP contribution in [0.2, 0.25) is 0 Å². The molecule has 7 rings (SSSR count). The van der Waals surface area contributed by atoms with E-state index in [2.05, 4.69) is 135 Å². The minimum atomic E-state index is 0. The molecule has 0 aliphatic heterocycles. The zero-order valence-electron chi connectivity index (χ0n) is 33.5. The van der Waals surface area contributed by atoms with E-state index in [1.807, 2.05) is 47.4 Å². The van der Waals surface area contributed by atoms with Gasteiger partial charge in [-0.3, -0.25) is 4.68 Å². The summed E-state index contributed by atoms with van der Waals surface area (Å²) in [6.07, 6.45) is 6.07. The number of benzene rings is 4. The third-order valence-electron chi connectivity index (χ3n) is 10.4. The third-order valence-corrected chi connectivity index (χ3v) is 10.4. The molecular formula is C48H52N4OPt. The minimum absolute atomic E-state index is 0. The summed E-state index contributed by atoms with van der Waals surface area (Å²) in [6.45, 7) is 25.6. The zero-order chi connectivity index (χ0) is 37.7. The van der Waals surface area contributed by atoms with Crippen molar-refractivity contribution in [3.05, 3.63) is 131 Å². The molecule has 5 nitrogen and oxygen atoms in total. The normalized spacial score (nSPS) is 11.9. The van der Waals surface area contributed by atoms with E-state index in [0.717, 1.165) is 44.4 Å².